The summed E-state index contributed by atoms with van der Waals surface area (Å²) in [6.07, 6.45) is 0. The summed E-state index contributed by atoms with van der Waals surface area (Å²) in [6.45, 7) is 0. The number of thioether (sulfide) groups is 1. The van der Waals surface area contributed by atoms with Gasteiger partial charge in [0, 0.05) is 10.7 Å². The van der Waals surface area contributed by atoms with E-state index in [0.29, 0.717) is 10.2 Å². The van der Waals surface area contributed by atoms with Crippen molar-refractivity contribution in [3.05, 3.63) is 107 Å². The Morgan fingerprint density at radius 3 is 2.31 bits per heavy atom. The van der Waals surface area contributed by atoms with Crippen LogP contribution in [-0.2, 0) is 10.0 Å². The van der Waals surface area contributed by atoms with Gasteiger partial charge in [-0.25, -0.2) is 13.1 Å². The molecule has 4 aromatic carbocycles. The fourth-order valence-electron chi connectivity index (χ4n) is 4.41. The third kappa shape index (κ3) is 4.49. The summed E-state index contributed by atoms with van der Waals surface area (Å²) in [6, 6.07) is 27.6. The Bertz CT molecular complexity index is 1650. The van der Waals surface area contributed by atoms with Crippen molar-refractivity contribution in [1.29, 1.82) is 0 Å². The molecule has 0 bridgehead atoms. The van der Waals surface area contributed by atoms with E-state index < -0.39 is 16.1 Å². The molecule has 1 aromatic heterocycles. The van der Waals surface area contributed by atoms with Gasteiger partial charge in [-0.2, -0.15) is 0 Å². The molecule has 180 valence electrons. The van der Waals surface area contributed by atoms with Crippen molar-refractivity contribution >= 4 is 66.3 Å². The SMILES string of the molecule is O=S(=O)(N[C@@H]1c2cccc3cccc(c23)[C@H]1Sc1nnc(Nc2ccccc2)s1)c1ccc(Cl)cc1. The van der Waals surface area contributed by atoms with Crippen LogP contribution in [0.15, 0.2) is 100 Å². The van der Waals surface area contributed by atoms with Crippen molar-refractivity contribution in [3.8, 4) is 0 Å². The molecule has 36 heavy (non-hydrogen) atoms. The summed E-state index contributed by atoms with van der Waals surface area (Å²) < 4.78 is 30.5. The zero-order valence-electron chi connectivity index (χ0n) is 18.6. The van der Waals surface area contributed by atoms with Crippen molar-refractivity contribution in [2.75, 3.05) is 5.32 Å². The highest BCUT2D eigenvalue weighted by molar-refractivity contribution is 8.01. The fraction of sp³-hybridized carbons (Fsp3) is 0.0769. The molecular weight excluding hydrogens is 532 g/mol. The second-order valence-electron chi connectivity index (χ2n) is 8.25. The van der Waals surface area contributed by atoms with Gasteiger partial charge in [0.1, 0.15) is 0 Å². The molecule has 0 aliphatic heterocycles. The molecular formula is C26H19ClN4O2S3. The van der Waals surface area contributed by atoms with Gasteiger partial charge in [0.2, 0.25) is 15.2 Å². The van der Waals surface area contributed by atoms with Crippen molar-refractivity contribution in [2.45, 2.75) is 20.5 Å². The van der Waals surface area contributed by atoms with E-state index in [-0.39, 0.29) is 10.1 Å². The maximum Gasteiger partial charge on any atom is 0.241 e. The fourth-order valence-corrected chi connectivity index (χ4v) is 8.06. The molecule has 1 aliphatic carbocycles. The van der Waals surface area contributed by atoms with Crippen molar-refractivity contribution in [1.82, 2.24) is 14.9 Å². The maximum absolute atomic E-state index is 13.4. The number of aromatic nitrogens is 2. The molecule has 10 heteroatoms. The molecule has 6 rings (SSSR count). The van der Waals surface area contributed by atoms with Crippen molar-refractivity contribution in [2.24, 2.45) is 0 Å². The number of halogens is 1. The van der Waals surface area contributed by atoms with Crippen LogP contribution in [0, 0.1) is 0 Å². The van der Waals surface area contributed by atoms with E-state index in [1.54, 1.807) is 12.1 Å². The second-order valence-corrected chi connectivity index (χ2v) is 12.8. The normalized spacial score (nSPS) is 16.9. The van der Waals surface area contributed by atoms with Gasteiger partial charge in [-0.1, -0.05) is 89.3 Å². The molecule has 0 spiro atoms. The number of hydrogen-bond donors (Lipinski definition) is 2. The predicted molar refractivity (Wildman–Crippen MR) is 147 cm³/mol. The summed E-state index contributed by atoms with van der Waals surface area (Å²) in [4.78, 5) is 0.170. The molecule has 0 radical (unpaired) electrons. The quantitative estimate of drug-likeness (QED) is 0.228. The summed E-state index contributed by atoms with van der Waals surface area (Å²) in [5.41, 5.74) is 2.95. The molecule has 2 N–H and O–H groups in total. The molecule has 0 amide bonds. The molecule has 0 saturated carbocycles. The Morgan fingerprint density at radius 1 is 0.833 bits per heavy atom. The van der Waals surface area contributed by atoms with E-state index in [1.807, 2.05) is 60.7 Å². The average molecular weight is 551 g/mol. The lowest BCUT2D eigenvalue weighted by atomic mass is 10.1. The Labute approximate surface area is 221 Å². The predicted octanol–water partition coefficient (Wildman–Crippen LogP) is 6.95. The summed E-state index contributed by atoms with van der Waals surface area (Å²) in [5, 5.41) is 15.0. The van der Waals surface area contributed by atoms with Gasteiger partial charge < -0.3 is 5.32 Å². The molecule has 6 nitrogen and oxygen atoms in total. The Hall–Kier alpha value is -2.95. The smallest absolute Gasteiger partial charge is 0.241 e. The molecule has 0 fully saturated rings. The molecule has 0 saturated heterocycles. The Balaban J connectivity index is 1.34. The minimum atomic E-state index is -3.80. The topological polar surface area (TPSA) is 84.0 Å². The van der Waals surface area contributed by atoms with E-state index in [2.05, 4.69) is 26.3 Å². The van der Waals surface area contributed by atoms with Crippen LogP contribution in [-0.4, -0.2) is 18.6 Å². The monoisotopic (exact) mass is 550 g/mol. The second kappa shape index (κ2) is 9.49. The van der Waals surface area contributed by atoms with Crippen LogP contribution in [0.5, 0.6) is 0 Å². The number of nitrogens with zero attached hydrogens (tertiary/aromatic N) is 2. The van der Waals surface area contributed by atoms with E-state index >= 15 is 0 Å². The van der Waals surface area contributed by atoms with Crippen LogP contribution in [0.3, 0.4) is 0 Å². The average Bonchev–Trinajstić information content (AvgIpc) is 3.44. The van der Waals surface area contributed by atoms with Crippen LogP contribution in [0.2, 0.25) is 5.02 Å². The maximum atomic E-state index is 13.4. The highest BCUT2D eigenvalue weighted by Gasteiger charge is 2.38. The number of benzene rings is 4. The van der Waals surface area contributed by atoms with Crippen LogP contribution in [0.25, 0.3) is 10.8 Å². The first-order chi connectivity index (χ1) is 17.5. The van der Waals surface area contributed by atoms with Crippen LogP contribution < -0.4 is 10.0 Å². The number of hydrogen-bond acceptors (Lipinski definition) is 7. The molecule has 1 aliphatic rings. The van der Waals surface area contributed by atoms with Crippen LogP contribution in [0.4, 0.5) is 10.8 Å². The lowest BCUT2D eigenvalue weighted by Crippen LogP contribution is -2.29. The summed E-state index contributed by atoms with van der Waals surface area (Å²) in [7, 11) is -3.80. The standard InChI is InChI=1S/C26H19ClN4O2S3/c27-17-12-14-19(15-13-17)36(32,33)31-23-20-10-4-6-16-7-5-11-21(22(16)20)24(23)34-26-30-29-25(35-26)28-18-8-2-1-3-9-18/h1-15,23-24,31H,(H,28,29)/t23-,24-/m1/s1. The number of sulfonamides is 1. The Kier molecular flexibility index (Phi) is 6.18. The number of nitrogens with one attached hydrogen (secondary N) is 2. The van der Waals surface area contributed by atoms with Gasteiger partial charge in [0.25, 0.3) is 0 Å². The van der Waals surface area contributed by atoms with Gasteiger partial charge in [-0.3, -0.25) is 0 Å². The van der Waals surface area contributed by atoms with E-state index in [0.717, 1.165) is 31.9 Å². The van der Waals surface area contributed by atoms with E-state index in [4.69, 9.17) is 11.6 Å². The third-order valence-corrected chi connectivity index (χ3v) is 9.92. The first-order valence-corrected chi connectivity index (χ1v) is 14.7. The minimum Gasteiger partial charge on any atom is -0.330 e. The summed E-state index contributed by atoms with van der Waals surface area (Å²) >= 11 is 8.93. The van der Waals surface area contributed by atoms with Crippen LogP contribution in [0.1, 0.15) is 22.4 Å². The lowest BCUT2D eigenvalue weighted by molar-refractivity contribution is 0.557. The lowest BCUT2D eigenvalue weighted by Gasteiger charge is -2.22. The number of para-hydroxylation sites is 1. The number of anilines is 2. The van der Waals surface area contributed by atoms with Crippen molar-refractivity contribution < 1.29 is 8.42 Å². The van der Waals surface area contributed by atoms with E-state index in [9.17, 15) is 8.42 Å². The number of rotatable bonds is 7. The summed E-state index contributed by atoms with van der Waals surface area (Å²) in [5.74, 6) is 0. The molecule has 5 aromatic rings. The first kappa shape index (κ1) is 23.4. The van der Waals surface area contributed by atoms with Gasteiger partial charge in [0.05, 0.1) is 16.2 Å². The highest BCUT2D eigenvalue weighted by Crippen LogP contribution is 2.54. The van der Waals surface area contributed by atoms with E-state index in [1.165, 1.54) is 35.2 Å². The molecule has 2 atom stereocenters. The van der Waals surface area contributed by atoms with Gasteiger partial charge in [-0.05, 0) is 58.3 Å². The van der Waals surface area contributed by atoms with Crippen LogP contribution >= 0.6 is 34.7 Å². The van der Waals surface area contributed by atoms with Gasteiger partial charge in [-0.15, -0.1) is 10.2 Å². The van der Waals surface area contributed by atoms with Crippen molar-refractivity contribution in [3.63, 3.8) is 0 Å². The largest absolute Gasteiger partial charge is 0.330 e. The Morgan fingerprint density at radius 2 is 1.56 bits per heavy atom. The molecule has 1 heterocycles. The minimum absolute atomic E-state index is 0.170. The first-order valence-electron chi connectivity index (χ1n) is 11.1. The van der Waals surface area contributed by atoms with Gasteiger partial charge in [0.15, 0.2) is 4.34 Å². The highest BCUT2D eigenvalue weighted by atomic mass is 35.5. The zero-order valence-corrected chi connectivity index (χ0v) is 21.8. The molecule has 0 unspecified atom stereocenters. The third-order valence-electron chi connectivity index (χ3n) is 5.98. The van der Waals surface area contributed by atoms with Gasteiger partial charge >= 0.3 is 0 Å². The zero-order chi connectivity index (χ0) is 24.7.